The number of hydrogen-bond donors (Lipinski definition) is 0. The Morgan fingerprint density at radius 2 is 2.06 bits per heavy atom. The molecule has 1 atom stereocenters. The van der Waals surface area contributed by atoms with E-state index >= 15 is 0 Å². The van der Waals surface area contributed by atoms with Gasteiger partial charge in [0.1, 0.15) is 18.2 Å². The van der Waals surface area contributed by atoms with Gasteiger partial charge in [0, 0.05) is 34.9 Å². The van der Waals surface area contributed by atoms with E-state index in [1.165, 1.54) is 6.07 Å². The Morgan fingerprint density at radius 1 is 1.19 bits per heavy atom. The molecule has 6 nitrogen and oxygen atoms in total. The highest BCUT2D eigenvalue weighted by molar-refractivity contribution is 6.30. The van der Waals surface area contributed by atoms with Gasteiger partial charge in [0.05, 0.1) is 31.1 Å². The average Bonchev–Trinajstić information content (AvgIpc) is 3.54. The average molecular weight is 511 g/mol. The molecule has 5 rings (SSSR count). The maximum Gasteiger partial charge on any atom is 0.213 e. The van der Waals surface area contributed by atoms with Crippen molar-refractivity contribution in [3.63, 3.8) is 0 Å². The Labute approximate surface area is 216 Å². The molecule has 0 saturated carbocycles. The molecule has 4 heterocycles. The van der Waals surface area contributed by atoms with Crippen molar-refractivity contribution in [2.75, 3.05) is 19.7 Å². The molecule has 2 saturated heterocycles. The van der Waals surface area contributed by atoms with Crippen LogP contribution in [-0.2, 0) is 24.4 Å². The minimum absolute atomic E-state index is 0.114. The Hall–Kier alpha value is -2.74. The first kappa shape index (κ1) is 24.9. The molecule has 36 heavy (non-hydrogen) atoms. The number of hydrogen-bond acceptors (Lipinski definition) is 5. The summed E-state index contributed by atoms with van der Waals surface area (Å²) in [6.07, 6.45) is 8.31. The smallest absolute Gasteiger partial charge is 0.213 e. The van der Waals surface area contributed by atoms with Crippen LogP contribution in [0.1, 0.15) is 54.4 Å². The van der Waals surface area contributed by atoms with E-state index in [9.17, 15) is 4.39 Å². The first-order chi connectivity index (χ1) is 17.6. The van der Waals surface area contributed by atoms with Gasteiger partial charge >= 0.3 is 0 Å². The van der Waals surface area contributed by atoms with E-state index < -0.39 is 0 Å². The zero-order chi connectivity index (χ0) is 24.9. The van der Waals surface area contributed by atoms with Crippen molar-refractivity contribution >= 4 is 17.7 Å². The second kappa shape index (κ2) is 11.5. The van der Waals surface area contributed by atoms with Crippen LogP contribution in [0.15, 0.2) is 49.2 Å². The lowest BCUT2D eigenvalue weighted by molar-refractivity contribution is 0.0948. The lowest BCUT2D eigenvalue weighted by Crippen LogP contribution is -2.34. The van der Waals surface area contributed by atoms with Gasteiger partial charge in [0.25, 0.3) is 0 Å². The van der Waals surface area contributed by atoms with Crippen LogP contribution >= 0.6 is 11.6 Å². The van der Waals surface area contributed by atoms with E-state index in [1.54, 1.807) is 12.1 Å². The molecule has 2 fully saturated rings. The summed E-state index contributed by atoms with van der Waals surface area (Å²) in [5.41, 5.74) is 2.53. The standard InChI is InChI=1S/C28H32ClFN4O2/c1-2-23-16-31-27(34(23)17-24-5-4-14-35-24)18-33-12-10-20(11-13-33)26-6-3-7-28(32-26)36-19-21-8-9-22(29)15-25(21)30/h2-3,6-9,15-16,20,24H,1,4-5,10-14,17-19H2. The number of imidazole rings is 1. The molecule has 190 valence electrons. The Kier molecular flexibility index (Phi) is 7.99. The molecule has 0 spiro atoms. The summed E-state index contributed by atoms with van der Waals surface area (Å²) in [4.78, 5) is 11.9. The van der Waals surface area contributed by atoms with Crippen molar-refractivity contribution in [2.24, 2.45) is 0 Å². The van der Waals surface area contributed by atoms with E-state index in [2.05, 4.69) is 22.1 Å². The predicted molar refractivity (Wildman–Crippen MR) is 139 cm³/mol. The summed E-state index contributed by atoms with van der Waals surface area (Å²) in [5, 5.41) is 0.371. The van der Waals surface area contributed by atoms with Gasteiger partial charge in [-0.25, -0.2) is 14.4 Å². The van der Waals surface area contributed by atoms with E-state index in [4.69, 9.17) is 31.0 Å². The predicted octanol–water partition coefficient (Wildman–Crippen LogP) is 5.85. The molecular weight excluding hydrogens is 479 g/mol. The van der Waals surface area contributed by atoms with Crippen LogP contribution in [-0.4, -0.2) is 45.2 Å². The van der Waals surface area contributed by atoms with Crippen molar-refractivity contribution in [1.82, 2.24) is 19.4 Å². The fraction of sp³-hybridized carbons (Fsp3) is 0.429. The molecular formula is C28H32ClFN4O2. The molecule has 0 bridgehead atoms. The molecule has 8 heteroatoms. The van der Waals surface area contributed by atoms with Crippen LogP contribution in [0, 0.1) is 5.82 Å². The molecule has 0 aliphatic carbocycles. The summed E-state index contributed by atoms with van der Waals surface area (Å²) < 4.78 is 28.0. The number of nitrogens with zero attached hydrogens (tertiary/aromatic N) is 4. The van der Waals surface area contributed by atoms with Crippen molar-refractivity contribution in [1.29, 1.82) is 0 Å². The third-order valence-electron chi connectivity index (χ3n) is 7.10. The largest absolute Gasteiger partial charge is 0.473 e. The number of benzene rings is 1. The first-order valence-electron chi connectivity index (χ1n) is 12.6. The van der Waals surface area contributed by atoms with Crippen molar-refractivity contribution in [2.45, 2.75) is 57.4 Å². The van der Waals surface area contributed by atoms with Crippen LogP contribution < -0.4 is 4.74 Å². The van der Waals surface area contributed by atoms with Gasteiger partial charge in [-0.05, 0) is 63.0 Å². The first-order valence-corrected chi connectivity index (χ1v) is 13.0. The lowest BCUT2D eigenvalue weighted by atomic mass is 9.93. The van der Waals surface area contributed by atoms with Crippen molar-refractivity contribution in [3.05, 3.63) is 82.8 Å². The molecule has 0 N–H and O–H groups in total. The topological polar surface area (TPSA) is 52.4 Å². The monoisotopic (exact) mass is 510 g/mol. The van der Waals surface area contributed by atoms with Crippen LogP contribution in [0.5, 0.6) is 5.88 Å². The summed E-state index contributed by atoms with van der Waals surface area (Å²) in [5.74, 6) is 1.58. The highest BCUT2D eigenvalue weighted by Crippen LogP contribution is 2.29. The fourth-order valence-corrected chi connectivity index (χ4v) is 5.20. The van der Waals surface area contributed by atoms with Crippen molar-refractivity contribution in [3.8, 4) is 5.88 Å². The van der Waals surface area contributed by atoms with Gasteiger partial charge in [0.15, 0.2) is 0 Å². The van der Waals surface area contributed by atoms with Gasteiger partial charge in [-0.3, -0.25) is 4.90 Å². The van der Waals surface area contributed by atoms with Crippen LogP contribution in [0.25, 0.3) is 6.08 Å². The third-order valence-corrected chi connectivity index (χ3v) is 7.33. The highest BCUT2D eigenvalue weighted by Gasteiger charge is 2.25. The van der Waals surface area contributed by atoms with Crippen molar-refractivity contribution < 1.29 is 13.9 Å². The number of piperidine rings is 1. The number of aromatic nitrogens is 3. The maximum atomic E-state index is 14.1. The number of pyridine rings is 1. The Morgan fingerprint density at radius 3 is 2.81 bits per heavy atom. The van der Waals surface area contributed by atoms with E-state index in [0.29, 0.717) is 22.4 Å². The molecule has 2 aliphatic heterocycles. The quantitative estimate of drug-likeness (QED) is 0.361. The van der Waals surface area contributed by atoms with E-state index in [-0.39, 0.29) is 18.5 Å². The van der Waals surface area contributed by atoms with Gasteiger partial charge < -0.3 is 14.0 Å². The molecule has 3 aromatic rings. The second-order valence-corrected chi connectivity index (χ2v) is 9.96. The lowest BCUT2D eigenvalue weighted by Gasteiger charge is -2.31. The van der Waals surface area contributed by atoms with Crippen LogP contribution in [0.2, 0.25) is 5.02 Å². The van der Waals surface area contributed by atoms with E-state index in [0.717, 1.165) is 75.7 Å². The number of ether oxygens (including phenoxy) is 2. The van der Waals surface area contributed by atoms with Crippen LogP contribution in [0.3, 0.4) is 0 Å². The zero-order valence-corrected chi connectivity index (χ0v) is 21.2. The number of rotatable bonds is 9. The Balaban J connectivity index is 1.16. The van der Waals surface area contributed by atoms with Crippen LogP contribution in [0.4, 0.5) is 4.39 Å². The van der Waals surface area contributed by atoms with Gasteiger partial charge in [-0.1, -0.05) is 30.3 Å². The third kappa shape index (κ3) is 5.97. The molecule has 0 amide bonds. The van der Waals surface area contributed by atoms with Gasteiger partial charge in [-0.15, -0.1) is 0 Å². The fourth-order valence-electron chi connectivity index (χ4n) is 5.04. The molecule has 1 aromatic carbocycles. The summed E-state index contributed by atoms with van der Waals surface area (Å²) >= 11 is 5.84. The number of likely N-dealkylation sites (tertiary alicyclic amines) is 1. The number of halogens is 2. The van der Waals surface area contributed by atoms with E-state index in [1.807, 2.05) is 24.4 Å². The molecule has 2 aliphatic rings. The second-order valence-electron chi connectivity index (χ2n) is 9.52. The SMILES string of the molecule is C=Cc1cnc(CN2CCC(c3cccc(OCc4ccc(Cl)cc4F)n3)CC2)n1CC1CCCO1. The maximum absolute atomic E-state index is 14.1. The molecule has 2 aromatic heterocycles. The van der Waals surface area contributed by atoms with Gasteiger partial charge in [-0.2, -0.15) is 0 Å². The molecule has 1 unspecified atom stereocenters. The summed E-state index contributed by atoms with van der Waals surface area (Å²) in [6.45, 7) is 8.53. The van der Waals surface area contributed by atoms with Gasteiger partial charge in [0.2, 0.25) is 5.88 Å². The summed E-state index contributed by atoms with van der Waals surface area (Å²) in [6, 6.07) is 10.4. The Bertz CT molecular complexity index is 1190. The zero-order valence-electron chi connectivity index (χ0n) is 20.4. The minimum Gasteiger partial charge on any atom is -0.473 e. The normalized spacial score (nSPS) is 19.0. The molecule has 0 radical (unpaired) electrons. The highest BCUT2D eigenvalue weighted by atomic mass is 35.5. The minimum atomic E-state index is -0.373. The summed E-state index contributed by atoms with van der Waals surface area (Å²) in [7, 11) is 0.